The Bertz CT molecular complexity index is 259. The summed E-state index contributed by atoms with van der Waals surface area (Å²) in [5, 5.41) is 3.55. The van der Waals surface area contributed by atoms with Gasteiger partial charge < -0.3 is 5.32 Å². The van der Waals surface area contributed by atoms with Crippen molar-refractivity contribution in [2.24, 2.45) is 0 Å². The van der Waals surface area contributed by atoms with Gasteiger partial charge in [0.15, 0.2) is 0 Å². The Morgan fingerprint density at radius 2 is 2.12 bits per heavy atom. The van der Waals surface area contributed by atoms with Gasteiger partial charge in [0.05, 0.1) is 0 Å². The Kier molecular flexibility index (Phi) is 6.57. The predicted molar refractivity (Wildman–Crippen MR) is 77.3 cm³/mol. The molecule has 1 N–H and O–H groups in total. The van der Waals surface area contributed by atoms with Crippen LogP contribution in [0.15, 0.2) is 23.8 Å². The number of nitrogens with one attached hydrogen (secondary N) is 1. The zero-order chi connectivity index (χ0) is 12.7. The van der Waals surface area contributed by atoms with E-state index in [1.54, 1.807) is 5.57 Å². The van der Waals surface area contributed by atoms with Crippen LogP contribution in [0.3, 0.4) is 0 Å². The molecule has 0 aromatic rings. The molecule has 1 heteroatoms. The second kappa shape index (κ2) is 7.71. The second-order valence-corrected chi connectivity index (χ2v) is 5.69. The molecule has 1 aliphatic rings. The lowest BCUT2D eigenvalue weighted by atomic mass is 9.93. The average Bonchev–Trinajstić information content (AvgIpc) is 2.21. The molecule has 1 saturated heterocycles. The number of allylic oxidation sites excluding steroid dienone is 2. The van der Waals surface area contributed by atoms with Crippen LogP contribution in [0.2, 0.25) is 0 Å². The van der Waals surface area contributed by atoms with E-state index >= 15 is 0 Å². The first-order valence-corrected chi connectivity index (χ1v) is 7.20. The first kappa shape index (κ1) is 14.5. The third-order valence-electron chi connectivity index (χ3n) is 3.48. The molecule has 1 nitrogen and oxygen atoms in total. The molecule has 2 atom stereocenters. The van der Waals surface area contributed by atoms with E-state index in [1.165, 1.54) is 44.1 Å². The van der Waals surface area contributed by atoms with E-state index in [1.807, 2.05) is 0 Å². The maximum absolute atomic E-state index is 4.04. The summed E-state index contributed by atoms with van der Waals surface area (Å²) in [6.45, 7) is 10.7. The van der Waals surface area contributed by atoms with Crippen LogP contribution >= 0.6 is 0 Å². The van der Waals surface area contributed by atoms with Crippen molar-refractivity contribution in [2.75, 3.05) is 0 Å². The highest BCUT2D eigenvalue weighted by Crippen LogP contribution is 2.21. The molecule has 0 aliphatic carbocycles. The van der Waals surface area contributed by atoms with Crippen LogP contribution in [0.1, 0.15) is 65.7 Å². The Balaban J connectivity index is 2.32. The third-order valence-corrected chi connectivity index (χ3v) is 3.48. The molecule has 0 radical (unpaired) electrons. The van der Waals surface area contributed by atoms with Crippen LogP contribution in [0, 0.1) is 0 Å². The minimum Gasteiger partial charge on any atom is -0.311 e. The number of hydrogen-bond acceptors (Lipinski definition) is 1. The van der Waals surface area contributed by atoms with Crippen molar-refractivity contribution in [3.8, 4) is 0 Å². The normalized spacial score (nSPS) is 24.5. The summed E-state index contributed by atoms with van der Waals surface area (Å²) >= 11 is 0. The van der Waals surface area contributed by atoms with Crippen molar-refractivity contribution in [1.29, 1.82) is 0 Å². The van der Waals surface area contributed by atoms with E-state index in [2.05, 4.69) is 38.7 Å². The third kappa shape index (κ3) is 6.07. The molecule has 98 valence electrons. The summed E-state index contributed by atoms with van der Waals surface area (Å²) < 4.78 is 0. The Morgan fingerprint density at radius 3 is 2.65 bits per heavy atom. The van der Waals surface area contributed by atoms with Crippen molar-refractivity contribution in [1.82, 2.24) is 5.32 Å². The summed E-state index contributed by atoms with van der Waals surface area (Å²) in [5.41, 5.74) is 2.90. The monoisotopic (exact) mass is 235 g/mol. The van der Waals surface area contributed by atoms with E-state index in [0.717, 1.165) is 18.5 Å². The molecule has 0 saturated carbocycles. The molecule has 17 heavy (non-hydrogen) atoms. The molecule has 0 bridgehead atoms. The second-order valence-electron chi connectivity index (χ2n) is 5.69. The van der Waals surface area contributed by atoms with Crippen molar-refractivity contribution in [3.05, 3.63) is 23.8 Å². The molecule has 1 fully saturated rings. The molecule has 1 aliphatic heterocycles. The fraction of sp³-hybridized carbons (Fsp3) is 0.750. The summed E-state index contributed by atoms with van der Waals surface area (Å²) in [6.07, 6.45) is 11.4. The average molecular weight is 235 g/mol. The quantitative estimate of drug-likeness (QED) is 0.479. The van der Waals surface area contributed by atoms with Crippen molar-refractivity contribution in [2.45, 2.75) is 77.8 Å². The molecule has 0 aromatic carbocycles. The standard InChI is InChI=1S/C16H29N/c1-5-6-7-8-15(11-13(2)3)9-10-16-12-14(4)17-16/h9,14,16-17H,2,5-8,10-12H2,1,3-4H3. The Morgan fingerprint density at radius 1 is 1.41 bits per heavy atom. The van der Waals surface area contributed by atoms with Gasteiger partial charge in [-0.1, -0.05) is 43.6 Å². The first-order valence-electron chi connectivity index (χ1n) is 7.20. The van der Waals surface area contributed by atoms with Crippen LogP contribution in [0.4, 0.5) is 0 Å². The lowest BCUT2D eigenvalue weighted by Gasteiger charge is -2.34. The summed E-state index contributed by atoms with van der Waals surface area (Å²) in [6, 6.07) is 1.47. The molecule has 0 aromatic heterocycles. The zero-order valence-corrected chi connectivity index (χ0v) is 11.9. The van der Waals surface area contributed by atoms with Crippen LogP contribution in [0.5, 0.6) is 0 Å². The van der Waals surface area contributed by atoms with Gasteiger partial charge in [0, 0.05) is 12.1 Å². The number of hydrogen-bond donors (Lipinski definition) is 1. The fourth-order valence-electron chi connectivity index (χ4n) is 2.53. The summed E-state index contributed by atoms with van der Waals surface area (Å²) in [7, 11) is 0. The zero-order valence-electron chi connectivity index (χ0n) is 11.9. The van der Waals surface area contributed by atoms with Gasteiger partial charge in [-0.3, -0.25) is 0 Å². The molecular weight excluding hydrogens is 206 g/mol. The SMILES string of the molecule is C=C(C)CC(=CCC1CC(C)N1)CCCCC. The first-order chi connectivity index (χ1) is 8.11. The van der Waals surface area contributed by atoms with Gasteiger partial charge in [-0.05, 0) is 46.0 Å². The largest absolute Gasteiger partial charge is 0.311 e. The molecule has 0 amide bonds. The van der Waals surface area contributed by atoms with Crippen molar-refractivity contribution < 1.29 is 0 Å². The summed E-state index contributed by atoms with van der Waals surface area (Å²) in [4.78, 5) is 0. The van der Waals surface area contributed by atoms with Gasteiger partial charge in [-0.15, -0.1) is 0 Å². The van der Waals surface area contributed by atoms with Gasteiger partial charge in [-0.25, -0.2) is 0 Å². The Hall–Kier alpha value is -0.560. The molecule has 2 unspecified atom stereocenters. The topological polar surface area (TPSA) is 12.0 Å². The van der Waals surface area contributed by atoms with Gasteiger partial charge in [0.2, 0.25) is 0 Å². The fourth-order valence-corrected chi connectivity index (χ4v) is 2.53. The molecule has 1 heterocycles. The molecule has 0 spiro atoms. The van der Waals surface area contributed by atoms with E-state index in [4.69, 9.17) is 0 Å². The van der Waals surface area contributed by atoms with Gasteiger partial charge in [-0.2, -0.15) is 0 Å². The minimum atomic E-state index is 0.733. The van der Waals surface area contributed by atoms with Crippen LogP contribution < -0.4 is 5.32 Å². The van der Waals surface area contributed by atoms with Crippen LogP contribution in [0.25, 0.3) is 0 Å². The van der Waals surface area contributed by atoms with E-state index in [-0.39, 0.29) is 0 Å². The van der Waals surface area contributed by atoms with E-state index < -0.39 is 0 Å². The van der Waals surface area contributed by atoms with Crippen LogP contribution in [-0.4, -0.2) is 12.1 Å². The lowest BCUT2D eigenvalue weighted by Crippen LogP contribution is -2.50. The van der Waals surface area contributed by atoms with Gasteiger partial charge in [0.25, 0.3) is 0 Å². The highest BCUT2D eigenvalue weighted by Gasteiger charge is 2.22. The number of unbranched alkanes of at least 4 members (excludes halogenated alkanes) is 2. The minimum absolute atomic E-state index is 0.733. The van der Waals surface area contributed by atoms with Gasteiger partial charge in [0.1, 0.15) is 0 Å². The van der Waals surface area contributed by atoms with Crippen molar-refractivity contribution >= 4 is 0 Å². The highest BCUT2D eigenvalue weighted by molar-refractivity contribution is 5.12. The molecular formula is C16H29N. The highest BCUT2D eigenvalue weighted by atomic mass is 15.0. The van der Waals surface area contributed by atoms with Crippen LogP contribution in [-0.2, 0) is 0 Å². The maximum atomic E-state index is 4.04. The van der Waals surface area contributed by atoms with E-state index in [0.29, 0.717) is 0 Å². The van der Waals surface area contributed by atoms with Gasteiger partial charge >= 0.3 is 0 Å². The van der Waals surface area contributed by atoms with E-state index in [9.17, 15) is 0 Å². The smallest absolute Gasteiger partial charge is 0.0119 e. The maximum Gasteiger partial charge on any atom is 0.0119 e. The lowest BCUT2D eigenvalue weighted by molar-refractivity contribution is 0.283. The molecule has 1 rings (SSSR count). The van der Waals surface area contributed by atoms with Crippen molar-refractivity contribution in [3.63, 3.8) is 0 Å². The predicted octanol–water partition coefficient (Wildman–Crippen LogP) is 4.60. The Labute approximate surface area is 107 Å². The summed E-state index contributed by atoms with van der Waals surface area (Å²) in [5.74, 6) is 0. The number of rotatable bonds is 8.